The highest BCUT2D eigenvalue weighted by atomic mass is 16.5. The first-order chi connectivity index (χ1) is 15.8. The summed E-state index contributed by atoms with van der Waals surface area (Å²) in [6, 6.07) is 12.4. The van der Waals surface area contributed by atoms with E-state index in [1.807, 2.05) is 31.2 Å². The van der Waals surface area contributed by atoms with Gasteiger partial charge in [-0.2, -0.15) is 4.98 Å². The second-order valence-corrected chi connectivity index (χ2v) is 9.11. The lowest BCUT2D eigenvalue weighted by molar-refractivity contribution is -0.118. The largest absolute Gasteiger partial charge is 0.504 e. The van der Waals surface area contributed by atoms with Crippen LogP contribution in [0.3, 0.4) is 0 Å². The van der Waals surface area contributed by atoms with Crippen molar-refractivity contribution in [2.45, 2.75) is 39.7 Å². The Labute approximate surface area is 191 Å². The van der Waals surface area contributed by atoms with Gasteiger partial charge >= 0.3 is 6.01 Å². The van der Waals surface area contributed by atoms with Gasteiger partial charge in [0.1, 0.15) is 11.6 Å². The van der Waals surface area contributed by atoms with E-state index in [2.05, 4.69) is 29.5 Å². The molecule has 0 bridgehead atoms. The number of hydrogen-bond donors (Lipinski definition) is 3. The molecule has 0 saturated heterocycles. The highest BCUT2D eigenvalue weighted by molar-refractivity contribution is 6.03. The van der Waals surface area contributed by atoms with E-state index in [1.165, 1.54) is 0 Å². The van der Waals surface area contributed by atoms with Crippen LogP contribution < -0.4 is 15.4 Å². The monoisotopic (exact) mass is 446 g/mol. The smallest absolute Gasteiger partial charge is 0.302 e. The molecule has 1 aromatic heterocycles. The molecule has 2 aliphatic rings. The molecule has 2 heterocycles. The molecule has 1 aliphatic heterocycles. The maximum atomic E-state index is 13.2. The van der Waals surface area contributed by atoms with E-state index in [4.69, 9.17) is 14.1 Å². The maximum absolute atomic E-state index is 13.2. The Morgan fingerprint density at radius 1 is 1.24 bits per heavy atom. The van der Waals surface area contributed by atoms with Crippen molar-refractivity contribution in [3.8, 4) is 11.5 Å². The van der Waals surface area contributed by atoms with Crippen LogP contribution in [0.25, 0.3) is 11.1 Å². The third-order valence-electron chi connectivity index (χ3n) is 5.84. The van der Waals surface area contributed by atoms with Gasteiger partial charge in [0.15, 0.2) is 22.9 Å². The van der Waals surface area contributed by atoms with Crippen LogP contribution in [-0.2, 0) is 4.79 Å². The van der Waals surface area contributed by atoms with Crippen molar-refractivity contribution in [1.29, 1.82) is 0 Å². The number of hydrogen-bond acceptors (Lipinski definition) is 8. The summed E-state index contributed by atoms with van der Waals surface area (Å²) in [6.07, 6.45) is 1.15. The standard InChI is InChI=1S/C25H26N4O4/c1-4-32-20-11-14(9-10-17(20)30)22-21-16(12-25(2,3)13-18(21)31)26-23(28-22)29-24-27-15-7-5-6-8-19(15)33-24/h5-11,22,30H,4,12-13H2,1-3H3,(H2,26,27,28,29)/t22-/m1/s1. The zero-order valence-electron chi connectivity index (χ0n) is 18.8. The Balaban J connectivity index is 1.56. The fourth-order valence-electron chi connectivity index (χ4n) is 4.44. The molecule has 0 spiro atoms. The van der Waals surface area contributed by atoms with Crippen molar-refractivity contribution in [3.05, 3.63) is 59.3 Å². The Morgan fingerprint density at radius 3 is 2.85 bits per heavy atom. The summed E-state index contributed by atoms with van der Waals surface area (Å²) in [6.45, 7) is 6.43. The predicted molar refractivity (Wildman–Crippen MR) is 125 cm³/mol. The molecule has 170 valence electrons. The molecule has 5 rings (SSSR count). The lowest BCUT2D eigenvalue weighted by Gasteiger charge is -2.37. The van der Waals surface area contributed by atoms with E-state index in [-0.39, 0.29) is 16.9 Å². The van der Waals surface area contributed by atoms with Gasteiger partial charge in [0.2, 0.25) is 5.96 Å². The van der Waals surface area contributed by atoms with E-state index in [0.717, 1.165) is 16.8 Å². The second-order valence-electron chi connectivity index (χ2n) is 9.11. The van der Waals surface area contributed by atoms with Gasteiger partial charge in [-0.05, 0) is 48.6 Å². The summed E-state index contributed by atoms with van der Waals surface area (Å²) in [5.74, 6) is 0.924. The number of Topliss-reactive ketones (excluding diaryl/α,β-unsaturated/α-hetero) is 1. The molecule has 3 aromatic rings. The number of guanidine groups is 1. The number of nitrogens with zero attached hydrogens (tertiary/aromatic N) is 2. The number of nitrogens with one attached hydrogen (secondary N) is 2. The molecule has 33 heavy (non-hydrogen) atoms. The third-order valence-corrected chi connectivity index (χ3v) is 5.84. The van der Waals surface area contributed by atoms with Crippen LogP contribution in [0, 0.1) is 5.41 Å². The van der Waals surface area contributed by atoms with Crippen molar-refractivity contribution in [2.24, 2.45) is 10.4 Å². The van der Waals surface area contributed by atoms with Crippen molar-refractivity contribution in [2.75, 3.05) is 11.9 Å². The summed E-state index contributed by atoms with van der Waals surface area (Å²) in [5.41, 5.74) is 3.48. The van der Waals surface area contributed by atoms with Crippen LogP contribution in [-0.4, -0.2) is 28.4 Å². The van der Waals surface area contributed by atoms with Gasteiger partial charge in [0.05, 0.1) is 6.61 Å². The number of anilines is 1. The summed E-state index contributed by atoms with van der Waals surface area (Å²) in [7, 11) is 0. The van der Waals surface area contributed by atoms with Gasteiger partial charge in [-0.1, -0.05) is 32.0 Å². The van der Waals surface area contributed by atoms with Gasteiger partial charge < -0.3 is 19.6 Å². The van der Waals surface area contributed by atoms with E-state index in [0.29, 0.717) is 48.3 Å². The molecule has 0 radical (unpaired) electrons. The van der Waals surface area contributed by atoms with Crippen molar-refractivity contribution in [1.82, 2.24) is 10.3 Å². The Kier molecular flexibility index (Phi) is 5.08. The van der Waals surface area contributed by atoms with Gasteiger partial charge in [0.25, 0.3) is 0 Å². The van der Waals surface area contributed by atoms with Crippen LogP contribution in [0.1, 0.15) is 45.2 Å². The predicted octanol–water partition coefficient (Wildman–Crippen LogP) is 4.69. The van der Waals surface area contributed by atoms with Crippen LogP contribution in [0.2, 0.25) is 0 Å². The molecule has 0 unspecified atom stereocenters. The lowest BCUT2D eigenvalue weighted by Crippen LogP contribution is -2.41. The number of para-hydroxylation sites is 2. The van der Waals surface area contributed by atoms with Gasteiger partial charge in [0, 0.05) is 17.7 Å². The molecule has 8 nitrogen and oxygen atoms in total. The fourth-order valence-corrected chi connectivity index (χ4v) is 4.44. The Bertz CT molecular complexity index is 1270. The number of allylic oxidation sites excluding steroid dienone is 1. The molecule has 1 aliphatic carbocycles. The van der Waals surface area contributed by atoms with Crippen LogP contribution in [0.4, 0.5) is 6.01 Å². The third kappa shape index (κ3) is 4.04. The number of benzene rings is 2. The topological polar surface area (TPSA) is 109 Å². The average Bonchev–Trinajstić information content (AvgIpc) is 3.16. The molecular weight excluding hydrogens is 420 g/mol. The summed E-state index contributed by atoms with van der Waals surface area (Å²) in [4.78, 5) is 22.5. The van der Waals surface area contributed by atoms with Gasteiger partial charge in [-0.25, -0.2) is 4.99 Å². The van der Waals surface area contributed by atoms with E-state index >= 15 is 0 Å². The highest BCUT2D eigenvalue weighted by Crippen LogP contribution is 2.44. The molecule has 3 N–H and O–H groups in total. The number of aromatic hydroxyl groups is 1. The Hall–Kier alpha value is -3.81. The van der Waals surface area contributed by atoms with Gasteiger partial charge in [-0.15, -0.1) is 0 Å². The molecule has 2 aromatic carbocycles. The molecular formula is C25H26N4O4. The normalized spacial score (nSPS) is 19.7. The number of aromatic nitrogens is 1. The van der Waals surface area contributed by atoms with E-state index in [1.54, 1.807) is 18.2 Å². The summed E-state index contributed by atoms with van der Waals surface area (Å²) >= 11 is 0. The number of ketones is 1. The summed E-state index contributed by atoms with van der Waals surface area (Å²) in [5, 5.41) is 16.6. The number of phenols is 1. The van der Waals surface area contributed by atoms with Crippen LogP contribution in [0.15, 0.2) is 63.1 Å². The quantitative estimate of drug-likeness (QED) is 0.533. The first kappa shape index (κ1) is 21.1. The Morgan fingerprint density at radius 2 is 2.06 bits per heavy atom. The minimum absolute atomic E-state index is 0.0497. The number of oxazole rings is 1. The van der Waals surface area contributed by atoms with Crippen molar-refractivity contribution >= 4 is 28.9 Å². The maximum Gasteiger partial charge on any atom is 0.302 e. The SMILES string of the molecule is CCOc1cc([C@H]2N=C(Nc3nc4ccccc4o3)NC3=C2C(=O)CC(C)(C)C3)ccc1O. The fraction of sp³-hybridized carbons (Fsp3) is 0.320. The molecule has 0 saturated carbocycles. The number of carbonyl (C=O) groups excluding carboxylic acids is 1. The lowest BCUT2D eigenvalue weighted by atomic mass is 9.73. The number of phenolic OH excluding ortho intramolecular Hbond substituents is 1. The van der Waals surface area contributed by atoms with Crippen LogP contribution in [0.5, 0.6) is 11.5 Å². The van der Waals surface area contributed by atoms with Crippen molar-refractivity contribution < 1.29 is 19.1 Å². The highest BCUT2D eigenvalue weighted by Gasteiger charge is 2.39. The number of aliphatic imine (C=N–C) groups is 1. The molecule has 0 amide bonds. The first-order valence-corrected chi connectivity index (χ1v) is 11.0. The van der Waals surface area contributed by atoms with Crippen LogP contribution >= 0.6 is 0 Å². The molecule has 8 heteroatoms. The average molecular weight is 447 g/mol. The number of fused-ring (bicyclic) bond motifs is 1. The second kappa shape index (κ2) is 7.95. The van der Waals surface area contributed by atoms with Crippen molar-refractivity contribution in [3.63, 3.8) is 0 Å². The molecule has 1 atom stereocenters. The zero-order chi connectivity index (χ0) is 23.2. The first-order valence-electron chi connectivity index (χ1n) is 11.0. The van der Waals surface area contributed by atoms with Gasteiger partial charge in [-0.3, -0.25) is 10.1 Å². The zero-order valence-corrected chi connectivity index (χ0v) is 18.8. The summed E-state index contributed by atoms with van der Waals surface area (Å²) < 4.78 is 11.4. The van der Waals surface area contributed by atoms with E-state index in [9.17, 15) is 9.90 Å². The number of ether oxygens (including phenoxy) is 1. The molecule has 0 fully saturated rings. The minimum atomic E-state index is -0.545. The van der Waals surface area contributed by atoms with E-state index < -0.39 is 6.04 Å². The number of carbonyl (C=O) groups is 1. The number of rotatable bonds is 4. The minimum Gasteiger partial charge on any atom is -0.504 e.